The van der Waals surface area contributed by atoms with Crippen LogP contribution in [-0.4, -0.2) is 50.5 Å². The summed E-state index contributed by atoms with van der Waals surface area (Å²) in [6, 6.07) is 6.07. The van der Waals surface area contributed by atoms with E-state index in [4.69, 9.17) is 4.74 Å². The van der Waals surface area contributed by atoms with Gasteiger partial charge in [-0.1, -0.05) is 6.92 Å². The van der Waals surface area contributed by atoms with Crippen LogP contribution in [0.5, 0.6) is 0 Å². The molecule has 7 heteroatoms. The number of carbonyl (C=O) groups excluding carboxylic acids is 1. The molecule has 0 saturated carbocycles. The minimum Gasteiger partial charge on any atom is -0.373 e. The van der Waals surface area contributed by atoms with Crippen LogP contribution < -0.4 is 5.32 Å². The Kier molecular flexibility index (Phi) is 5.78. The molecule has 0 aliphatic carbocycles. The van der Waals surface area contributed by atoms with Gasteiger partial charge < -0.3 is 10.1 Å². The fraction of sp³-hybridized carbons (Fsp3) is 0.562. The number of hydrogen-bond acceptors (Lipinski definition) is 4. The number of nitrogens with one attached hydrogen (secondary N) is 1. The van der Waals surface area contributed by atoms with Gasteiger partial charge >= 0.3 is 0 Å². The van der Waals surface area contributed by atoms with Crippen LogP contribution in [0.15, 0.2) is 29.2 Å². The number of amides is 1. The molecule has 1 heterocycles. The van der Waals surface area contributed by atoms with Crippen LogP contribution in [0.3, 0.4) is 0 Å². The van der Waals surface area contributed by atoms with Crippen molar-refractivity contribution in [1.29, 1.82) is 0 Å². The first-order valence-electron chi connectivity index (χ1n) is 7.88. The van der Waals surface area contributed by atoms with Gasteiger partial charge in [0.15, 0.2) is 0 Å². The van der Waals surface area contributed by atoms with Gasteiger partial charge in [0.1, 0.15) is 0 Å². The van der Waals surface area contributed by atoms with Gasteiger partial charge in [0.05, 0.1) is 17.1 Å². The molecular formula is C16H24N2O4S. The molecule has 1 aromatic carbocycles. The van der Waals surface area contributed by atoms with Crippen LogP contribution in [0, 0.1) is 0 Å². The second-order valence-electron chi connectivity index (χ2n) is 5.86. The highest BCUT2D eigenvalue weighted by atomic mass is 32.2. The maximum Gasteiger partial charge on any atom is 0.251 e. The zero-order valence-corrected chi connectivity index (χ0v) is 14.6. The Hall–Kier alpha value is -1.44. The average Bonchev–Trinajstić information content (AvgIpc) is 2.51. The number of carbonyl (C=O) groups is 1. The number of ether oxygens (including phenoxy) is 1. The average molecular weight is 340 g/mol. The normalized spacial score (nSPS) is 22.7. The van der Waals surface area contributed by atoms with E-state index in [1.807, 2.05) is 20.8 Å². The van der Waals surface area contributed by atoms with E-state index in [0.29, 0.717) is 25.2 Å². The van der Waals surface area contributed by atoms with E-state index in [-0.39, 0.29) is 23.0 Å². The summed E-state index contributed by atoms with van der Waals surface area (Å²) in [6.07, 6.45) is 0.589. The molecule has 0 bridgehead atoms. The smallest absolute Gasteiger partial charge is 0.251 e. The largest absolute Gasteiger partial charge is 0.373 e. The Labute approximate surface area is 137 Å². The Bertz CT molecular complexity index is 633. The second-order valence-corrected chi connectivity index (χ2v) is 7.80. The monoisotopic (exact) mass is 340 g/mol. The number of sulfonamides is 1. The van der Waals surface area contributed by atoms with Crippen molar-refractivity contribution in [1.82, 2.24) is 9.62 Å². The molecule has 1 aliphatic heterocycles. The molecule has 2 unspecified atom stereocenters. The molecule has 23 heavy (non-hydrogen) atoms. The molecule has 1 N–H and O–H groups in total. The van der Waals surface area contributed by atoms with Crippen molar-refractivity contribution in [2.24, 2.45) is 0 Å². The third-order valence-electron chi connectivity index (χ3n) is 3.68. The molecule has 1 aromatic rings. The Balaban J connectivity index is 2.15. The molecular weight excluding hydrogens is 316 g/mol. The molecule has 1 aliphatic rings. The Morgan fingerprint density at radius 2 is 1.78 bits per heavy atom. The maximum absolute atomic E-state index is 12.7. The van der Waals surface area contributed by atoms with Gasteiger partial charge in [-0.05, 0) is 44.5 Å². The van der Waals surface area contributed by atoms with Crippen molar-refractivity contribution in [2.75, 3.05) is 19.6 Å². The van der Waals surface area contributed by atoms with Crippen LogP contribution >= 0.6 is 0 Å². The van der Waals surface area contributed by atoms with Crippen molar-refractivity contribution in [3.05, 3.63) is 29.8 Å². The summed E-state index contributed by atoms with van der Waals surface area (Å²) in [6.45, 7) is 6.97. The van der Waals surface area contributed by atoms with E-state index in [9.17, 15) is 13.2 Å². The number of benzene rings is 1. The summed E-state index contributed by atoms with van der Waals surface area (Å²) >= 11 is 0. The first kappa shape index (κ1) is 17.9. The lowest BCUT2D eigenvalue weighted by atomic mass is 10.2. The standard InChI is InChI=1S/C16H24N2O4S/c1-4-9-17-16(19)14-5-7-15(8-6-14)23(20,21)18-10-12(2)22-13(3)11-18/h5-8,12-13H,4,9-11H2,1-3H3,(H,17,19). The highest BCUT2D eigenvalue weighted by molar-refractivity contribution is 7.89. The summed E-state index contributed by atoms with van der Waals surface area (Å²) in [4.78, 5) is 12.1. The lowest BCUT2D eigenvalue weighted by Crippen LogP contribution is -2.48. The second kappa shape index (κ2) is 7.42. The predicted molar refractivity (Wildman–Crippen MR) is 87.8 cm³/mol. The molecule has 0 radical (unpaired) electrons. The highest BCUT2D eigenvalue weighted by Crippen LogP contribution is 2.21. The van der Waals surface area contributed by atoms with E-state index >= 15 is 0 Å². The van der Waals surface area contributed by atoms with Crippen molar-refractivity contribution < 1.29 is 17.9 Å². The Morgan fingerprint density at radius 1 is 1.22 bits per heavy atom. The molecule has 0 spiro atoms. The van der Waals surface area contributed by atoms with Crippen LogP contribution in [0.25, 0.3) is 0 Å². The van der Waals surface area contributed by atoms with Gasteiger partial charge in [0.2, 0.25) is 10.0 Å². The van der Waals surface area contributed by atoms with Gasteiger partial charge in [-0.25, -0.2) is 8.42 Å². The van der Waals surface area contributed by atoms with Crippen molar-refractivity contribution >= 4 is 15.9 Å². The third-order valence-corrected chi connectivity index (χ3v) is 5.52. The van der Waals surface area contributed by atoms with Crippen molar-refractivity contribution in [3.8, 4) is 0 Å². The number of morpholine rings is 1. The van der Waals surface area contributed by atoms with Gasteiger partial charge in [-0.15, -0.1) is 0 Å². The first-order valence-corrected chi connectivity index (χ1v) is 9.32. The SMILES string of the molecule is CCCNC(=O)c1ccc(S(=O)(=O)N2CC(C)OC(C)C2)cc1. The summed E-state index contributed by atoms with van der Waals surface area (Å²) in [5, 5.41) is 2.77. The van der Waals surface area contributed by atoms with E-state index in [0.717, 1.165) is 6.42 Å². The number of hydrogen-bond donors (Lipinski definition) is 1. The minimum atomic E-state index is -3.57. The zero-order chi connectivity index (χ0) is 17.0. The zero-order valence-electron chi connectivity index (χ0n) is 13.8. The summed E-state index contributed by atoms with van der Waals surface area (Å²) in [5.41, 5.74) is 0.459. The van der Waals surface area contributed by atoms with E-state index in [2.05, 4.69) is 5.32 Å². The first-order chi connectivity index (χ1) is 10.8. The molecule has 1 fully saturated rings. The number of rotatable bonds is 5. The lowest BCUT2D eigenvalue weighted by molar-refractivity contribution is -0.0440. The molecule has 0 aromatic heterocycles. The molecule has 6 nitrogen and oxygen atoms in total. The Morgan fingerprint density at radius 3 is 2.30 bits per heavy atom. The summed E-state index contributed by atoms with van der Waals surface area (Å²) in [7, 11) is -3.57. The molecule has 2 rings (SSSR count). The van der Waals surface area contributed by atoms with Crippen LogP contribution in [0.4, 0.5) is 0 Å². The molecule has 128 valence electrons. The van der Waals surface area contributed by atoms with E-state index in [1.54, 1.807) is 12.1 Å². The summed E-state index contributed by atoms with van der Waals surface area (Å²) in [5.74, 6) is -0.190. The number of nitrogens with zero attached hydrogens (tertiary/aromatic N) is 1. The quantitative estimate of drug-likeness (QED) is 0.884. The van der Waals surface area contributed by atoms with E-state index in [1.165, 1.54) is 16.4 Å². The van der Waals surface area contributed by atoms with E-state index < -0.39 is 10.0 Å². The summed E-state index contributed by atoms with van der Waals surface area (Å²) < 4.78 is 32.4. The lowest BCUT2D eigenvalue weighted by Gasteiger charge is -2.34. The van der Waals surface area contributed by atoms with Crippen LogP contribution in [0.1, 0.15) is 37.6 Å². The van der Waals surface area contributed by atoms with Gasteiger partial charge in [0.25, 0.3) is 5.91 Å². The minimum absolute atomic E-state index is 0.132. The fourth-order valence-corrected chi connectivity index (χ4v) is 4.19. The molecule has 1 amide bonds. The fourth-order valence-electron chi connectivity index (χ4n) is 2.59. The van der Waals surface area contributed by atoms with Gasteiger partial charge in [-0.2, -0.15) is 4.31 Å². The molecule has 2 atom stereocenters. The highest BCUT2D eigenvalue weighted by Gasteiger charge is 2.32. The third kappa shape index (κ3) is 4.31. The predicted octanol–water partition coefficient (Wildman–Crippen LogP) is 1.62. The molecule has 1 saturated heterocycles. The van der Waals surface area contributed by atoms with Crippen molar-refractivity contribution in [2.45, 2.75) is 44.3 Å². The maximum atomic E-state index is 12.7. The van der Waals surface area contributed by atoms with Crippen LogP contribution in [0.2, 0.25) is 0 Å². The van der Waals surface area contributed by atoms with Gasteiger partial charge in [-0.3, -0.25) is 4.79 Å². The van der Waals surface area contributed by atoms with Crippen molar-refractivity contribution in [3.63, 3.8) is 0 Å². The van der Waals surface area contributed by atoms with Gasteiger partial charge in [0, 0.05) is 25.2 Å². The topological polar surface area (TPSA) is 75.7 Å². The van der Waals surface area contributed by atoms with Crippen LogP contribution in [-0.2, 0) is 14.8 Å².